The topological polar surface area (TPSA) is 54.0 Å². The van der Waals surface area contributed by atoms with Crippen molar-refractivity contribution in [3.63, 3.8) is 0 Å². The second-order valence-corrected chi connectivity index (χ2v) is 11.1. The number of methoxy groups -OCH3 is 1. The molecule has 1 aliphatic heterocycles. The molecule has 5 nitrogen and oxygen atoms in total. The maximum Gasteiger partial charge on any atom is 0.120 e. The van der Waals surface area contributed by atoms with E-state index in [0.29, 0.717) is 11.7 Å². The highest BCUT2D eigenvalue weighted by atomic mass is 16.5. The number of nitrogens with one attached hydrogen (secondary N) is 1. The van der Waals surface area contributed by atoms with E-state index < -0.39 is 0 Å². The van der Waals surface area contributed by atoms with Crippen LogP contribution in [0, 0.1) is 0 Å². The first-order valence-corrected chi connectivity index (χ1v) is 14.8. The van der Waals surface area contributed by atoms with E-state index in [-0.39, 0.29) is 0 Å². The average Bonchev–Trinajstić information content (AvgIpc) is 3.25. The Kier molecular flexibility index (Phi) is 9.66. The van der Waals surface area contributed by atoms with E-state index in [9.17, 15) is 5.11 Å². The van der Waals surface area contributed by atoms with Gasteiger partial charge in [-0.2, -0.15) is 0 Å². The van der Waals surface area contributed by atoms with Gasteiger partial charge < -0.3 is 19.9 Å². The van der Waals surface area contributed by atoms with E-state index >= 15 is 0 Å². The number of benzene rings is 3. The zero-order valence-corrected chi connectivity index (χ0v) is 23.5. The third-order valence-corrected chi connectivity index (χ3v) is 8.37. The van der Waals surface area contributed by atoms with Crippen LogP contribution in [0.15, 0.2) is 60.7 Å². The van der Waals surface area contributed by atoms with Crippen LogP contribution in [0.2, 0.25) is 0 Å². The van der Waals surface area contributed by atoms with Crippen molar-refractivity contribution in [3.8, 4) is 17.2 Å². The van der Waals surface area contributed by atoms with Crippen LogP contribution in [-0.2, 0) is 19.3 Å². The van der Waals surface area contributed by atoms with Crippen LogP contribution in [0.4, 0.5) is 5.69 Å². The number of ether oxygens (including phenoxy) is 2. The summed E-state index contributed by atoms with van der Waals surface area (Å²) in [7, 11) is 1.73. The Hall–Kier alpha value is -3.18. The van der Waals surface area contributed by atoms with Crippen LogP contribution >= 0.6 is 0 Å². The van der Waals surface area contributed by atoms with Gasteiger partial charge in [0.15, 0.2) is 0 Å². The van der Waals surface area contributed by atoms with E-state index in [2.05, 4.69) is 58.7 Å². The van der Waals surface area contributed by atoms with Gasteiger partial charge in [0.2, 0.25) is 0 Å². The van der Waals surface area contributed by atoms with Crippen LogP contribution in [0.25, 0.3) is 0 Å². The summed E-state index contributed by atoms with van der Waals surface area (Å²) < 4.78 is 11.6. The summed E-state index contributed by atoms with van der Waals surface area (Å²) >= 11 is 0. The van der Waals surface area contributed by atoms with Gasteiger partial charge in [-0.1, -0.05) is 37.1 Å². The van der Waals surface area contributed by atoms with E-state index in [1.807, 2.05) is 12.1 Å². The van der Waals surface area contributed by atoms with Gasteiger partial charge >= 0.3 is 0 Å². The van der Waals surface area contributed by atoms with E-state index in [1.165, 1.54) is 66.7 Å². The molecular weight excluding hydrogens is 484 g/mol. The molecule has 39 heavy (non-hydrogen) atoms. The Balaban J connectivity index is 1.10. The highest BCUT2D eigenvalue weighted by Crippen LogP contribution is 2.38. The summed E-state index contributed by atoms with van der Waals surface area (Å²) in [5.74, 6) is 2.68. The molecule has 2 N–H and O–H groups in total. The third kappa shape index (κ3) is 7.69. The summed E-state index contributed by atoms with van der Waals surface area (Å²) in [6.45, 7) is 5.13. The van der Waals surface area contributed by atoms with E-state index in [4.69, 9.17) is 9.47 Å². The van der Waals surface area contributed by atoms with Gasteiger partial charge in [-0.15, -0.1) is 0 Å². The molecule has 208 valence electrons. The number of rotatable bonds is 11. The van der Waals surface area contributed by atoms with E-state index in [0.717, 1.165) is 63.3 Å². The number of phenolic OH excluding ortho intramolecular Hbond substituents is 1. The first-order chi connectivity index (χ1) is 19.2. The monoisotopic (exact) mass is 528 g/mol. The number of likely N-dealkylation sites (tertiary alicyclic amines) is 1. The summed E-state index contributed by atoms with van der Waals surface area (Å²) in [6.07, 6.45) is 10.6. The number of hydrogen-bond acceptors (Lipinski definition) is 5. The van der Waals surface area contributed by atoms with E-state index in [1.54, 1.807) is 7.11 Å². The Labute approximate surface area is 234 Å². The molecule has 1 fully saturated rings. The van der Waals surface area contributed by atoms with Crippen molar-refractivity contribution in [2.75, 3.05) is 45.2 Å². The van der Waals surface area contributed by atoms with Gasteiger partial charge in [0.25, 0.3) is 0 Å². The fraction of sp³-hybridized carbons (Fsp3) is 0.471. The second kappa shape index (κ2) is 13.7. The quantitative estimate of drug-likeness (QED) is 0.263. The Morgan fingerprint density at radius 3 is 2.49 bits per heavy atom. The van der Waals surface area contributed by atoms with Gasteiger partial charge in [-0.3, -0.25) is 4.90 Å². The molecule has 0 unspecified atom stereocenters. The molecule has 1 aliphatic carbocycles. The molecule has 0 bridgehead atoms. The van der Waals surface area contributed by atoms with Gasteiger partial charge in [0.05, 0.1) is 7.11 Å². The van der Waals surface area contributed by atoms with Crippen molar-refractivity contribution in [1.29, 1.82) is 0 Å². The number of hydrogen-bond donors (Lipinski definition) is 2. The number of nitrogens with zero attached hydrogens (tertiary/aromatic N) is 1. The number of aromatic hydroxyl groups is 1. The van der Waals surface area contributed by atoms with Crippen LogP contribution in [0.5, 0.6) is 17.2 Å². The minimum Gasteiger partial charge on any atom is -0.508 e. The molecule has 3 aromatic carbocycles. The van der Waals surface area contributed by atoms with Gasteiger partial charge in [0.1, 0.15) is 23.9 Å². The summed E-state index contributed by atoms with van der Waals surface area (Å²) in [5, 5.41) is 13.6. The van der Waals surface area contributed by atoms with Gasteiger partial charge in [-0.25, -0.2) is 0 Å². The normalized spacial score (nSPS) is 17.7. The molecular formula is C34H44N2O3. The average molecular weight is 529 g/mol. The third-order valence-electron chi connectivity index (χ3n) is 8.37. The van der Waals surface area contributed by atoms with Gasteiger partial charge in [-0.05, 0) is 117 Å². The molecule has 2 aliphatic rings. The minimum atomic E-state index is 0.365. The number of anilines is 1. The molecule has 5 rings (SSSR count). The van der Waals surface area contributed by atoms with Crippen molar-refractivity contribution in [2.24, 2.45) is 0 Å². The van der Waals surface area contributed by atoms with Crippen molar-refractivity contribution in [1.82, 2.24) is 4.90 Å². The van der Waals surface area contributed by atoms with Crippen LogP contribution in [0.1, 0.15) is 66.7 Å². The molecule has 1 saturated heterocycles. The molecule has 0 saturated carbocycles. The number of aryl methyl sites for hydroxylation is 2. The maximum atomic E-state index is 9.84. The highest BCUT2D eigenvalue weighted by molar-refractivity contribution is 5.57. The molecule has 0 spiro atoms. The Bertz CT molecular complexity index is 1190. The summed E-state index contributed by atoms with van der Waals surface area (Å²) in [4.78, 5) is 2.54. The number of phenols is 1. The Morgan fingerprint density at radius 2 is 1.69 bits per heavy atom. The lowest BCUT2D eigenvalue weighted by atomic mass is 9.79. The SMILES string of the molecule is COc1ccc([C@H]2CCc3cc(O)ccc3C2)c(NCCCc2ccc(OCCN3CCCCCC3)cc2)c1. The molecule has 0 amide bonds. The second-order valence-electron chi connectivity index (χ2n) is 11.1. The highest BCUT2D eigenvalue weighted by Gasteiger charge is 2.23. The molecule has 0 aromatic heterocycles. The van der Waals surface area contributed by atoms with Crippen molar-refractivity contribution in [3.05, 3.63) is 82.9 Å². The lowest BCUT2D eigenvalue weighted by Crippen LogP contribution is -2.29. The maximum absolute atomic E-state index is 9.84. The molecule has 1 heterocycles. The zero-order valence-electron chi connectivity index (χ0n) is 23.5. The summed E-state index contributed by atoms with van der Waals surface area (Å²) in [5.41, 5.74) is 6.50. The molecule has 0 radical (unpaired) electrons. The van der Waals surface area contributed by atoms with Crippen molar-refractivity contribution >= 4 is 5.69 Å². The van der Waals surface area contributed by atoms with Crippen molar-refractivity contribution < 1.29 is 14.6 Å². The first-order valence-electron chi connectivity index (χ1n) is 14.8. The fourth-order valence-electron chi connectivity index (χ4n) is 6.10. The smallest absolute Gasteiger partial charge is 0.120 e. The van der Waals surface area contributed by atoms with Crippen LogP contribution in [-0.4, -0.2) is 49.9 Å². The molecule has 5 heteroatoms. The zero-order chi connectivity index (χ0) is 26.9. The number of fused-ring (bicyclic) bond motifs is 1. The lowest BCUT2D eigenvalue weighted by molar-refractivity contribution is 0.214. The standard InChI is InChI=1S/C34H44N2O3/c1-38-32-16-17-33(29-11-10-28-24-30(37)13-12-27(28)23-29)34(25-32)35-18-6-7-26-8-14-31(15-9-26)39-22-21-36-19-4-2-3-5-20-36/h8-9,12-17,24-25,29,35,37H,2-7,10-11,18-23H2,1H3/t29-/m0/s1. The van der Waals surface area contributed by atoms with Crippen LogP contribution < -0.4 is 14.8 Å². The fourth-order valence-corrected chi connectivity index (χ4v) is 6.10. The lowest BCUT2D eigenvalue weighted by Gasteiger charge is -2.27. The summed E-state index contributed by atoms with van der Waals surface area (Å²) in [6, 6.07) is 20.9. The predicted molar refractivity (Wildman–Crippen MR) is 160 cm³/mol. The van der Waals surface area contributed by atoms with Crippen molar-refractivity contribution in [2.45, 2.75) is 63.7 Å². The first kappa shape index (κ1) is 27.4. The minimum absolute atomic E-state index is 0.365. The molecule has 3 aromatic rings. The molecule has 1 atom stereocenters. The largest absolute Gasteiger partial charge is 0.508 e. The van der Waals surface area contributed by atoms with Crippen LogP contribution in [0.3, 0.4) is 0 Å². The predicted octanol–water partition coefficient (Wildman–Crippen LogP) is 6.97. The Morgan fingerprint density at radius 1 is 0.897 bits per heavy atom. The van der Waals surface area contributed by atoms with Gasteiger partial charge in [0, 0.05) is 24.8 Å².